The molecule has 0 unspecified atom stereocenters. The van der Waals surface area contributed by atoms with Gasteiger partial charge in [0.2, 0.25) is 0 Å². The van der Waals surface area contributed by atoms with Gasteiger partial charge in [0.15, 0.2) is 0 Å². The molecule has 1 fully saturated rings. The van der Waals surface area contributed by atoms with Crippen LogP contribution in [-0.2, 0) is 9.59 Å². The van der Waals surface area contributed by atoms with Crippen LogP contribution in [0.4, 0.5) is 5.69 Å². The summed E-state index contributed by atoms with van der Waals surface area (Å²) in [5.41, 5.74) is 1.78. The van der Waals surface area contributed by atoms with Crippen LogP contribution in [0, 0.1) is 0 Å². The van der Waals surface area contributed by atoms with Gasteiger partial charge in [0.25, 0.3) is 11.7 Å². The Balaban J connectivity index is 1.92. The topological polar surface area (TPSA) is 66.8 Å². The molecular formula is C24H18BrNO4. The smallest absolute Gasteiger partial charge is 0.300 e. The highest BCUT2D eigenvalue weighted by Crippen LogP contribution is 2.42. The maximum atomic E-state index is 13.0. The molecule has 0 saturated carbocycles. The lowest BCUT2D eigenvalue weighted by atomic mass is 9.95. The summed E-state index contributed by atoms with van der Waals surface area (Å²) in [5.74, 6) is -0.951. The lowest BCUT2D eigenvalue weighted by molar-refractivity contribution is -0.132. The van der Waals surface area contributed by atoms with Crippen LogP contribution in [0.25, 0.3) is 5.76 Å². The minimum atomic E-state index is -0.766. The number of halogens is 1. The van der Waals surface area contributed by atoms with Crippen LogP contribution in [0.2, 0.25) is 0 Å². The van der Waals surface area contributed by atoms with Crippen molar-refractivity contribution in [2.45, 2.75) is 6.04 Å². The lowest BCUT2D eigenvalue weighted by Gasteiger charge is -2.25. The van der Waals surface area contributed by atoms with Crippen LogP contribution >= 0.6 is 15.9 Å². The quantitative estimate of drug-likeness (QED) is 0.332. The summed E-state index contributed by atoms with van der Waals surface area (Å²) in [4.78, 5) is 27.5. The predicted octanol–water partition coefficient (Wildman–Crippen LogP) is 5.08. The number of anilines is 1. The Kier molecular flexibility index (Phi) is 5.42. The van der Waals surface area contributed by atoms with Crippen LogP contribution in [0.15, 0.2) is 88.9 Å². The standard InChI is InChI=1S/C24H18BrNO4/c1-30-19-13-7-15(8-14-19)21-20(22(27)16-5-3-2-4-6-16)23(28)24(29)26(21)18-11-9-17(25)10-12-18/h2-14,21,27H,1H3/t21-/m1/s1. The van der Waals surface area contributed by atoms with Crippen molar-refractivity contribution in [3.05, 3.63) is 100 Å². The molecule has 0 spiro atoms. The number of rotatable bonds is 4. The first-order chi connectivity index (χ1) is 14.5. The fraction of sp³-hybridized carbons (Fsp3) is 0.0833. The van der Waals surface area contributed by atoms with Crippen molar-refractivity contribution >= 4 is 39.1 Å². The van der Waals surface area contributed by atoms with Crippen LogP contribution in [-0.4, -0.2) is 23.9 Å². The largest absolute Gasteiger partial charge is 0.507 e. The van der Waals surface area contributed by atoms with E-state index >= 15 is 0 Å². The second-order valence-electron chi connectivity index (χ2n) is 6.78. The first kappa shape index (κ1) is 19.9. The summed E-state index contributed by atoms with van der Waals surface area (Å²) in [5, 5.41) is 11.0. The molecule has 1 saturated heterocycles. The minimum absolute atomic E-state index is 0.0549. The van der Waals surface area contributed by atoms with Crippen molar-refractivity contribution in [3.8, 4) is 5.75 Å². The summed E-state index contributed by atoms with van der Waals surface area (Å²) < 4.78 is 6.08. The van der Waals surface area contributed by atoms with Gasteiger partial charge in [-0.1, -0.05) is 58.4 Å². The number of hydrogen-bond acceptors (Lipinski definition) is 4. The number of ketones is 1. The highest BCUT2D eigenvalue weighted by molar-refractivity contribution is 9.10. The van der Waals surface area contributed by atoms with Gasteiger partial charge in [0.1, 0.15) is 11.5 Å². The van der Waals surface area contributed by atoms with E-state index in [1.54, 1.807) is 79.9 Å². The Morgan fingerprint density at radius 1 is 0.933 bits per heavy atom. The second-order valence-corrected chi connectivity index (χ2v) is 7.70. The molecule has 4 rings (SSSR count). The Morgan fingerprint density at radius 2 is 1.57 bits per heavy atom. The van der Waals surface area contributed by atoms with Crippen molar-refractivity contribution < 1.29 is 19.4 Å². The van der Waals surface area contributed by atoms with Gasteiger partial charge in [-0.25, -0.2) is 0 Å². The molecule has 0 aliphatic carbocycles. The Bertz CT molecular complexity index is 1120. The number of methoxy groups -OCH3 is 1. The molecule has 1 aliphatic heterocycles. The summed E-state index contributed by atoms with van der Waals surface area (Å²) in [7, 11) is 1.57. The van der Waals surface area contributed by atoms with E-state index in [0.717, 1.165) is 4.47 Å². The van der Waals surface area contributed by atoms with E-state index in [1.807, 2.05) is 6.07 Å². The number of nitrogens with zero attached hydrogens (tertiary/aromatic N) is 1. The summed E-state index contributed by atoms with van der Waals surface area (Å²) in [6.07, 6.45) is 0. The molecular weight excluding hydrogens is 446 g/mol. The van der Waals surface area contributed by atoms with Crippen LogP contribution in [0.3, 0.4) is 0 Å². The number of carbonyl (C=O) groups is 2. The molecule has 0 aromatic heterocycles. The zero-order chi connectivity index (χ0) is 21.3. The molecule has 3 aromatic carbocycles. The number of aliphatic hydroxyl groups is 1. The molecule has 1 atom stereocenters. The number of amides is 1. The van der Waals surface area contributed by atoms with E-state index in [9.17, 15) is 14.7 Å². The number of Topliss-reactive ketones (excluding diaryl/α,β-unsaturated/α-hetero) is 1. The van der Waals surface area contributed by atoms with Gasteiger partial charge >= 0.3 is 0 Å². The summed E-state index contributed by atoms with van der Waals surface area (Å²) in [6.45, 7) is 0. The van der Waals surface area contributed by atoms with Gasteiger partial charge in [0, 0.05) is 15.7 Å². The fourth-order valence-electron chi connectivity index (χ4n) is 3.55. The summed E-state index contributed by atoms with van der Waals surface area (Å²) in [6, 6.07) is 22.2. The zero-order valence-electron chi connectivity index (χ0n) is 16.1. The zero-order valence-corrected chi connectivity index (χ0v) is 17.7. The fourth-order valence-corrected chi connectivity index (χ4v) is 3.82. The van der Waals surface area contributed by atoms with Gasteiger partial charge in [-0.2, -0.15) is 0 Å². The van der Waals surface area contributed by atoms with Gasteiger partial charge in [-0.15, -0.1) is 0 Å². The molecule has 150 valence electrons. The molecule has 6 heteroatoms. The Morgan fingerprint density at radius 3 is 2.17 bits per heavy atom. The number of aliphatic hydroxyl groups excluding tert-OH is 1. The van der Waals surface area contributed by atoms with E-state index in [1.165, 1.54) is 4.90 Å². The van der Waals surface area contributed by atoms with E-state index in [4.69, 9.17) is 4.74 Å². The number of ether oxygens (including phenoxy) is 1. The molecule has 1 amide bonds. The number of carbonyl (C=O) groups excluding carboxylic acids is 2. The number of hydrogen-bond donors (Lipinski definition) is 1. The van der Waals surface area contributed by atoms with Crippen molar-refractivity contribution in [2.75, 3.05) is 12.0 Å². The first-order valence-electron chi connectivity index (χ1n) is 9.27. The molecule has 1 aliphatic rings. The Labute approximate surface area is 182 Å². The van der Waals surface area contributed by atoms with Crippen LogP contribution in [0.1, 0.15) is 17.2 Å². The summed E-state index contributed by atoms with van der Waals surface area (Å²) >= 11 is 3.39. The van der Waals surface area contributed by atoms with Gasteiger partial charge in [0.05, 0.1) is 18.7 Å². The monoisotopic (exact) mass is 463 g/mol. The average Bonchev–Trinajstić information content (AvgIpc) is 3.05. The van der Waals surface area contributed by atoms with E-state index in [2.05, 4.69) is 15.9 Å². The molecule has 1 heterocycles. The Hall–Kier alpha value is -3.38. The van der Waals surface area contributed by atoms with E-state index < -0.39 is 17.7 Å². The third-order valence-electron chi connectivity index (χ3n) is 5.03. The molecule has 0 radical (unpaired) electrons. The van der Waals surface area contributed by atoms with E-state index in [-0.39, 0.29) is 11.3 Å². The molecule has 0 bridgehead atoms. The van der Waals surface area contributed by atoms with Crippen molar-refractivity contribution in [1.82, 2.24) is 0 Å². The van der Waals surface area contributed by atoms with E-state index in [0.29, 0.717) is 22.6 Å². The maximum Gasteiger partial charge on any atom is 0.300 e. The van der Waals surface area contributed by atoms with Crippen LogP contribution in [0.5, 0.6) is 5.75 Å². The van der Waals surface area contributed by atoms with Crippen LogP contribution < -0.4 is 9.64 Å². The molecule has 30 heavy (non-hydrogen) atoms. The third kappa shape index (κ3) is 3.50. The molecule has 1 N–H and O–H groups in total. The van der Waals surface area contributed by atoms with Gasteiger partial charge in [-0.05, 0) is 42.0 Å². The number of benzene rings is 3. The van der Waals surface area contributed by atoms with Gasteiger partial charge < -0.3 is 9.84 Å². The SMILES string of the molecule is COc1ccc([C@@H]2C(=C(O)c3ccccc3)C(=O)C(=O)N2c2ccc(Br)cc2)cc1. The van der Waals surface area contributed by atoms with Crippen molar-refractivity contribution in [1.29, 1.82) is 0 Å². The predicted molar refractivity (Wildman–Crippen MR) is 118 cm³/mol. The van der Waals surface area contributed by atoms with Crippen molar-refractivity contribution in [2.24, 2.45) is 0 Å². The minimum Gasteiger partial charge on any atom is -0.507 e. The highest BCUT2D eigenvalue weighted by Gasteiger charge is 2.46. The third-order valence-corrected chi connectivity index (χ3v) is 5.56. The van der Waals surface area contributed by atoms with Gasteiger partial charge in [-0.3, -0.25) is 14.5 Å². The van der Waals surface area contributed by atoms with Crippen molar-refractivity contribution in [3.63, 3.8) is 0 Å². The average molecular weight is 464 g/mol. The second kappa shape index (κ2) is 8.16. The lowest BCUT2D eigenvalue weighted by Crippen LogP contribution is -2.29. The highest BCUT2D eigenvalue weighted by atomic mass is 79.9. The first-order valence-corrected chi connectivity index (χ1v) is 10.1. The molecule has 5 nitrogen and oxygen atoms in total. The molecule has 3 aromatic rings. The normalized spacial score (nSPS) is 17.9. The maximum absolute atomic E-state index is 13.0.